The zero-order valence-corrected chi connectivity index (χ0v) is 11.8. The van der Waals surface area contributed by atoms with Crippen molar-refractivity contribution in [1.82, 2.24) is 4.90 Å². The Bertz CT molecular complexity index is 411. The van der Waals surface area contributed by atoms with Crippen molar-refractivity contribution < 1.29 is 4.74 Å². The van der Waals surface area contributed by atoms with Gasteiger partial charge in [0.25, 0.3) is 0 Å². The quantitative estimate of drug-likeness (QED) is 0.916. The summed E-state index contributed by atoms with van der Waals surface area (Å²) in [5, 5.41) is 0.678. The standard InChI is InChI=1S/C14H21ClN2O/c1-10-8-17(6-5-13(10)16)9-11-3-4-14(18-2)12(15)7-11/h3-4,7,10,13H,5-6,8-9,16H2,1-2H3. The number of rotatable bonds is 3. The van der Waals surface area contributed by atoms with E-state index in [1.807, 2.05) is 12.1 Å². The van der Waals surface area contributed by atoms with Crippen molar-refractivity contribution in [1.29, 1.82) is 0 Å². The highest BCUT2D eigenvalue weighted by atomic mass is 35.5. The minimum absolute atomic E-state index is 0.348. The van der Waals surface area contributed by atoms with Crippen molar-refractivity contribution in [3.05, 3.63) is 28.8 Å². The Labute approximate surface area is 114 Å². The van der Waals surface area contributed by atoms with E-state index < -0.39 is 0 Å². The predicted molar refractivity (Wildman–Crippen MR) is 75.0 cm³/mol. The van der Waals surface area contributed by atoms with Crippen molar-refractivity contribution in [2.45, 2.75) is 25.9 Å². The number of hydrogen-bond donors (Lipinski definition) is 1. The molecule has 0 bridgehead atoms. The van der Waals surface area contributed by atoms with Crippen molar-refractivity contribution in [3.8, 4) is 5.75 Å². The molecule has 4 heteroatoms. The number of hydrogen-bond acceptors (Lipinski definition) is 3. The minimum Gasteiger partial charge on any atom is -0.495 e. The summed E-state index contributed by atoms with van der Waals surface area (Å²) in [5.74, 6) is 1.29. The molecule has 1 aromatic rings. The molecular formula is C14H21ClN2O. The molecule has 0 saturated carbocycles. The van der Waals surface area contributed by atoms with Gasteiger partial charge < -0.3 is 10.5 Å². The minimum atomic E-state index is 0.348. The monoisotopic (exact) mass is 268 g/mol. The van der Waals surface area contributed by atoms with Gasteiger partial charge >= 0.3 is 0 Å². The Kier molecular flexibility index (Phi) is 4.49. The summed E-state index contributed by atoms with van der Waals surface area (Å²) in [6.07, 6.45) is 1.07. The number of benzene rings is 1. The summed E-state index contributed by atoms with van der Waals surface area (Å²) in [5.41, 5.74) is 7.26. The Morgan fingerprint density at radius 1 is 1.50 bits per heavy atom. The number of methoxy groups -OCH3 is 1. The Morgan fingerprint density at radius 3 is 2.89 bits per heavy atom. The predicted octanol–water partition coefficient (Wildman–Crippen LogP) is 2.52. The third-order valence-corrected chi connectivity index (χ3v) is 3.97. The smallest absolute Gasteiger partial charge is 0.137 e. The van der Waals surface area contributed by atoms with Gasteiger partial charge in [0, 0.05) is 19.1 Å². The maximum Gasteiger partial charge on any atom is 0.137 e. The van der Waals surface area contributed by atoms with Gasteiger partial charge in [0.1, 0.15) is 5.75 Å². The van der Waals surface area contributed by atoms with E-state index in [4.69, 9.17) is 22.1 Å². The molecule has 1 saturated heterocycles. The molecular weight excluding hydrogens is 248 g/mol. The first-order valence-electron chi connectivity index (χ1n) is 6.40. The lowest BCUT2D eigenvalue weighted by Crippen LogP contribution is -2.45. The van der Waals surface area contributed by atoms with Crippen LogP contribution < -0.4 is 10.5 Å². The van der Waals surface area contributed by atoms with Crippen LogP contribution in [-0.4, -0.2) is 31.1 Å². The van der Waals surface area contributed by atoms with Gasteiger partial charge in [-0.1, -0.05) is 24.6 Å². The molecule has 2 N–H and O–H groups in total. The highest BCUT2D eigenvalue weighted by Crippen LogP contribution is 2.26. The lowest BCUT2D eigenvalue weighted by Gasteiger charge is -2.35. The summed E-state index contributed by atoms with van der Waals surface area (Å²) in [6, 6.07) is 6.33. The number of nitrogens with two attached hydrogens (primary N) is 1. The fourth-order valence-corrected chi connectivity index (χ4v) is 2.74. The average Bonchev–Trinajstić information content (AvgIpc) is 2.34. The first-order chi connectivity index (χ1) is 8.60. The maximum atomic E-state index is 6.14. The molecule has 0 amide bonds. The average molecular weight is 269 g/mol. The summed E-state index contributed by atoms with van der Waals surface area (Å²) in [4.78, 5) is 2.44. The molecule has 0 aromatic heterocycles. The molecule has 2 atom stereocenters. The van der Waals surface area contributed by atoms with Crippen LogP contribution in [0.5, 0.6) is 5.75 Å². The van der Waals surface area contributed by atoms with E-state index >= 15 is 0 Å². The van der Waals surface area contributed by atoms with E-state index in [0.29, 0.717) is 17.0 Å². The van der Waals surface area contributed by atoms with Crippen LogP contribution in [0.3, 0.4) is 0 Å². The number of halogens is 1. The Balaban J connectivity index is 1.99. The van der Waals surface area contributed by atoms with Gasteiger partial charge in [-0.3, -0.25) is 4.90 Å². The van der Waals surface area contributed by atoms with Gasteiger partial charge in [0.15, 0.2) is 0 Å². The molecule has 1 aliphatic rings. The zero-order valence-electron chi connectivity index (χ0n) is 11.0. The summed E-state index contributed by atoms with van der Waals surface area (Å²) in [7, 11) is 1.63. The van der Waals surface area contributed by atoms with Crippen LogP contribution in [-0.2, 0) is 6.54 Å². The molecule has 18 heavy (non-hydrogen) atoms. The number of ether oxygens (including phenoxy) is 1. The van der Waals surface area contributed by atoms with Gasteiger partial charge in [0.2, 0.25) is 0 Å². The number of piperidine rings is 1. The van der Waals surface area contributed by atoms with Gasteiger partial charge in [0.05, 0.1) is 12.1 Å². The third-order valence-electron chi connectivity index (χ3n) is 3.68. The molecule has 1 aromatic carbocycles. The number of nitrogens with zero attached hydrogens (tertiary/aromatic N) is 1. The largest absolute Gasteiger partial charge is 0.495 e. The normalized spacial score (nSPS) is 25.1. The van der Waals surface area contributed by atoms with Crippen molar-refractivity contribution in [3.63, 3.8) is 0 Å². The van der Waals surface area contributed by atoms with Crippen molar-refractivity contribution in [2.75, 3.05) is 20.2 Å². The zero-order chi connectivity index (χ0) is 13.1. The fraction of sp³-hybridized carbons (Fsp3) is 0.571. The van der Waals surface area contributed by atoms with Crippen LogP contribution in [0.15, 0.2) is 18.2 Å². The first-order valence-corrected chi connectivity index (χ1v) is 6.78. The van der Waals surface area contributed by atoms with Crippen LogP contribution in [0.2, 0.25) is 5.02 Å². The van der Waals surface area contributed by atoms with Crippen molar-refractivity contribution >= 4 is 11.6 Å². The third kappa shape index (κ3) is 3.16. The van der Waals surface area contributed by atoms with Crippen LogP contribution in [0.25, 0.3) is 0 Å². The Hall–Kier alpha value is -0.770. The van der Waals surface area contributed by atoms with Crippen LogP contribution >= 0.6 is 11.6 Å². The second kappa shape index (κ2) is 5.91. The summed E-state index contributed by atoms with van der Waals surface area (Å²) in [6.45, 7) is 5.28. The molecule has 0 aliphatic carbocycles. The van der Waals surface area contributed by atoms with Gasteiger partial charge in [-0.05, 0) is 36.6 Å². The highest BCUT2D eigenvalue weighted by molar-refractivity contribution is 6.32. The lowest BCUT2D eigenvalue weighted by atomic mass is 9.94. The molecule has 3 nitrogen and oxygen atoms in total. The second-order valence-corrected chi connectivity index (χ2v) is 5.54. The van der Waals surface area contributed by atoms with Gasteiger partial charge in [-0.15, -0.1) is 0 Å². The molecule has 2 rings (SSSR count). The van der Waals surface area contributed by atoms with Gasteiger partial charge in [-0.25, -0.2) is 0 Å². The summed E-state index contributed by atoms with van der Waals surface area (Å²) >= 11 is 6.14. The SMILES string of the molecule is COc1ccc(CN2CCC(N)C(C)C2)cc1Cl. The van der Waals surface area contributed by atoms with E-state index in [-0.39, 0.29) is 0 Å². The van der Waals surface area contributed by atoms with Crippen molar-refractivity contribution in [2.24, 2.45) is 11.7 Å². The highest BCUT2D eigenvalue weighted by Gasteiger charge is 2.22. The van der Waals surface area contributed by atoms with Crippen LogP contribution in [0.4, 0.5) is 0 Å². The molecule has 1 aliphatic heterocycles. The van der Waals surface area contributed by atoms with E-state index in [0.717, 1.165) is 31.8 Å². The lowest BCUT2D eigenvalue weighted by molar-refractivity contribution is 0.158. The maximum absolute atomic E-state index is 6.14. The van der Waals surface area contributed by atoms with E-state index in [2.05, 4.69) is 17.9 Å². The summed E-state index contributed by atoms with van der Waals surface area (Å²) < 4.78 is 5.16. The first kappa shape index (κ1) is 13.7. The molecule has 0 radical (unpaired) electrons. The fourth-order valence-electron chi connectivity index (χ4n) is 2.46. The van der Waals surface area contributed by atoms with Gasteiger partial charge in [-0.2, -0.15) is 0 Å². The van der Waals surface area contributed by atoms with E-state index in [9.17, 15) is 0 Å². The van der Waals surface area contributed by atoms with E-state index in [1.165, 1.54) is 5.56 Å². The van der Waals surface area contributed by atoms with E-state index in [1.54, 1.807) is 7.11 Å². The Morgan fingerprint density at radius 2 is 2.28 bits per heavy atom. The molecule has 0 spiro atoms. The topological polar surface area (TPSA) is 38.5 Å². The molecule has 2 unspecified atom stereocenters. The molecule has 100 valence electrons. The molecule has 1 fully saturated rings. The second-order valence-electron chi connectivity index (χ2n) is 5.13. The van der Waals surface area contributed by atoms with Crippen LogP contribution in [0, 0.1) is 5.92 Å². The molecule has 1 heterocycles. The number of likely N-dealkylation sites (tertiary alicyclic amines) is 1. The van der Waals surface area contributed by atoms with Crippen LogP contribution in [0.1, 0.15) is 18.9 Å².